The van der Waals surface area contributed by atoms with Crippen LogP contribution in [-0.2, 0) is 14.3 Å². The van der Waals surface area contributed by atoms with Gasteiger partial charge in [0.25, 0.3) is 5.91 Å². The summed E-state index contributed by atoms with van der Waals surface area (Å²) in [4.78, 5) is 51.6. The van der Waals surface area contributed by atoms with E-state index in [-0.39, 0.29) is 27.7 Å². The van der Waals surface area contributed by atoms with Gasteiger partial charge in [-0.15, -0.1) is 0 Å². The third-order valence-corrected chi connectivity index (χ3v) is 5.63. The van der Waals surface area contributed by atoms with Crippen molar-refractivity contribution in [3.05, 3.63) is 63.6 Å². The first kappa shape index (κ1) is 22.8. The first-order chi connectivity index (χ1) is 14.7. The predicted molar refractivity (Wildman–Crippen MR) is 119 cm³/mol. The molecule has 3 N–H and O–H groups in total. The summed E-state index contributed by atoms with van der Waals surface area (Å²) < 4.78 is 5.03. The molecule has 31 heavy (non-hydrogen) atoms. The lowest BCUT2D eigenvalue weighted by Gasteiger charge is -2.09. The lowest BCUT2D eigenvalue weighted by Crippen LogP contribution is -2.21. The van der Waals surface area contributed by atoms with Crippen molar-refractivity contribution < 1.29 is 23.9 Å². The third kappa shape index (κ3) is 6.06. The molecule has 3 rings (SSSR count). The smallest absolute Gasteiger partial charge is 0.338 e. The number of thioether (sulfide) groups is 1. The van der Waals surface area contributed by atoms with Crippen LogP contribution < -0.4 is 11.1 Å². The fraction of sp³-hybridized carbons (Fsp3) is 0.150. The van der Waals surface area contributed by atoms with Gasteiger partial charge >= 0.3 is 5.97 Å². The number of hydrogen-bond donors (Lipinski definition) is 2. The highest BCUT2D eigenvalue weighted by Crippen LogP contribution is 2.24. The van der Waals surface area contributed by atoms with Crippen molar-refractivity contribution in [2.75, 3.05) is 11.9 Å². The van der Waals surface area contributed by atoms with Gasteiger partial charge < -0.3 is 15.8 Å². The summed E-state index contributed by atoms with van der Waals surface area (Å²) in [6.07, 6.45) is -0.0765. The molecule has 0 bridgehead atoms. The van der Waals surface area contributed by atoms with Gasteiger partial charge in [-0.1, -0.05) is 35.0 Å². The molecule has 1 heterocycles. The maximum Gasteiger partial charge on any atom is 0.338 e. The molecule has 1 aliphatic heterocycles. The number of aliphatic imine (C=N–C) groups is 1. The Labute approximate surface area is 191 Å². The minimum atomic E-state index is -0.711. The molecule has 0 fully saturated rings. The van der Waals surface area contributed by atoms with Crippen LogP contribution in [0.1, 0.15) is 27.1 Å². The van der Waals surface area contributed by atoms with E-state index in [4.69, 9.17) is 33.7 Å². The Morgan fingerprint density at radius 3 is 2.45 bits per heavy atom. The number of nitrogens with one attached hydrogen (secondary N) is 1. The number of amidine groups is 1. The summed E-state index contributed by atoms with van der Waals surface area (Å²) in [5.41, 5.74) is 6.28. The second-order valence-corrected chi connectivity index (χ2v) is 8.41. The van der Waals surface area contributed by atoms with E-state index < -0.39 is 35.4 Å². The molecule has 0 unspecified atom stereocenters. The molecule has 1 atom stereocenters. The number of carbonyl (C=O) groups excluding carboxylic acids is 4. The van der Waals surface area contributed by atoms with E-state index in [1.807, 2.05) is 0 Å². The molecular weight excluding hydrogens is 465 g/mol. The van der Waals surface area contributed by atoms with Crippen LogP contribution in [0.3, 0.4) is 0 Å². The average molecular weight is 480 g/mol. The van der Waals surface area contributed by atoms with Gasteiger partial charge in [0.15, 0.2) is 11.8 Å². The second-order valence-electron chi connectivity index (χ2n) is 6.35. The van der Waals surface area contributed by atoms with Gasteiger partial charge in [-0.25, -0.2) is 4.79 Å². The van der Waals surface area contributed by atoms with Gasteiger partial charge in [0.1, 0.15) is 5.25 Å². The number of amides is 2. The minimum Gasteiger partial charge on any atom is -0.454 e. The van der Waals surface area contributed by atoms with E-state index in [2.05, 4.69) is 10.3 Å². The summed E-state index contributed by atoms with van der Waals surface area (Å²) in [5.74, 6) is -2.01. The third-order valence-electron chi connectivity index (χ3n) is 4.10. The first-order valence-corrected chi connectivity index (χ1v) is 10.5. The Hall–Kier alpha value is -2.88. The molecule has 11 heteroatoms. The van der Waals surface area contributed by atoms with Crippen LogP contribution in [0, 0.1) is 0 Å². The Balaban J connectivity index is 1.51. The molecule has 2 amide bonds. The van der Waals surface area contributed by atoms with Gasteiger partial charge in [-0.2, -0.15) is 4.99 Å². The number of Topliss-reactive ketones (excluding diaryl/α,β-unsaturated/α-hetero) is 1. The van der Waals surface area contributed by atoms with Crippen molar-refractivity contribution in [1.82, 2.24) is 0 Å². The van der Waals surface area contributed by atoms with Crippen LogP contribution in [0.5, 0.6) is 0 Å². The van der Waals surface area contributed by atoms with Crippen LogP contribution >= 0.6 is 35.0 Å². The van der Waals surface area contributed by atoms with Crippen molar-refractivity contribution >= 4 is 69.4 Å². The molecule has 0 saturated heterocycles. The SMILES string of the molecule is NC1=NC(=O)[C@@H](CC(=O)Nc2ccc(C(=O)OCC(=O)c3ccc(Cl)cc3Cl)cc2)S1. The average Bonchev–Trinajstić information content (AvgIpc) is 3.03. The molecule has 0 aromatic heterocycles. The van der Waals surface area contributed by atoms with Crippen LogP contribution in [0.4, 0.5) is 5.69 Å². The number of carbonyl (C=O) groups is 4. The number of anilines is 1. The highest BCUT2D eigenvalue weighted by atomic mass is 35.5. The molecule has 0 saturated carbocycles. The zero-order valence-electron chi connectivity index (χ0n) is 15.8. The predicted octanol–water partition coefficient (Wildman–Crippen LogP) is 3.32. The molecule has 0 aliphatic carbocycles. The molecule has 0 spiro atoms. The van der Waals surface area contributed by atoms with E-state index in [1.54, 1.807) is 0 Å². The minimum absolute atomic E-state index is 0.0765. The quantitative estimate of drug-likeness (QED) is 0.460. The Bertz CT molecular complexity index is 1090. The highest BCUT2D eigenvalue weighted by molar-refractivity contribution is 8.15. The number of ketones is 1. The number of esters is 1. The second kappa shape index (κ2) is 9.95. The Morgan fingerprint density at radius 1 is 1.13 bits per heavy atom. The summed E-state index contributed by atoms with van der Waals surface area (Å²) in [7, 11) is 0. The number of rotatable bonds is 7. The van der Waals surface area contributed by atoms with Crippen LogP contribution in [0.15, 0.2) is 47.5 Å². The van der Waals surface area contributed by atoms with Crippen LogP contribution in [0.2, 0.25) is 10.0 Å². The van der Waals surface area contributed by atoms with Gasteiger partial charge in [0, 0.05) is 22.7 Å². The summed E-state index contributed by atoms with van der Waals surface area (Å²) >= 11 is 12.8. The molecule has 2 aromatic carbocycles. The van der Waals surface area contributed by atoms with Gasteiger partial charge in [0.05, 0.1) is 10.6 Å². The largest absolute Gasteiger partial charge is 0.454 e. The fourth-order valence-electron chi connectivity index (χ4n) is 2.61. The number of halogens is 2. The van der Waals surface area contributed by atoms with E-state index in [0.29, 0.717) is 10.7 Å². The van der Waals surface area contributed by atoms with Crippen molar-refractivity contribution in [1.29, 1.82) is 0 Å². The van der Waals surface area contributed by atoms with E-state index in [0.717, 1.165) is 11.8 Å². The van der Waals surface area contributed by atoms with Gasteiger partial charge in [-0.3, -0.25) is 14.4 Å². The molecule has 160 valence electrons. The topological polar surface area (TPSA) is 128 Å². The van der Waals surface area contributed by atoms with Gasteiger partial charge in [-0.05, 0) is 42.5 Å². The van der Waals surface area contributed by atoms with E-state index in [1.165, 1.54) is 42.5 Å². The lowest BCUT2D eigenvalue weighted by atomic mass is 10.1. The summed E-state index contributed by atoms with van der Waals surface area (Å²) in [6.45, 7) is -0.489. The summed E-state index contributed by atoms with van der Waals surface area (Å²) in [5, 5.41) is 2.68. The van der Waals surface area contributed by atoms with Crippen LogP contribution in [-0.4, -0.2) is 40.6 Å². The molecular formula is C20H15Cl2N3O5S. The number of benzene rings is 2. The number of hydrogen-bond acceptors (Lipinski definition) is 7. The fourth-order valence-corrected chi connectivity index (χ4v) is 3.95. The first-order valence-electron chi connectivity index (χ1n) is 8.83. The van der Waals surface area contributed by atoms with Crippen molar-refractivity contribution in [3.8, 4) is 0 Å². The van der Waals surface area contributed by atoms with E-state index >= 15 is 0 Å². The van der Waals surface area contributed by atoms with Gasteiger partial charge in [0.2, 0.25) is 11.7 Å². The summed E-state index contributed by atoms with van der Waals surface area (Å²) in [6, 6.07) is 10.3. The Morgan fingerprint density at radius 2 is 1.84 bits per heavy atom. The standard InChI is InChI=1S/C20H15Cl2N3O5S/c21-11-3-6-13(14(22)7-11)15(26)9-30-19(29)10-1-4-12(5-2-10)24-17(27)8-16-18(28)25-20(23)31-16/h1-7,16H,8-9H2,(H,24,27)(H2,23,25,28)/t16-/m1/s1. The lowest BCUT2D eigenvalue weighted by molar-refractivity contribution is -0.121. The normalized spacial score (nSPS) is 15.4. The zero-order chi connectivity index (χ0) is 22.5. The molecule has 1 aliphatic rings. The molecule has 8 nitrogen and oxygen atoms in total. The zero-order valence-corrected chi connectivity index (χ0v) is 18.1. The number of nitrogens with two attached hydrogens (primary N) is 1. The number of nitrogens with zero attached hydrogens (tertiary/aromatic N) is 1. The maximum absolute atomic E-state index is 12.2. The van der Waals surface area contributed by atoms with Crippen molar-refractivity contribution in [3.63, 3.8) is 0 Å². The van der Waals surface area contributed by atoms with Crippen molar-refractivity contribution in [2.45, 2.75) is 11.7 Å². The molecule has 2 aromatic rings. The molecule has 0 radical (unpaired) electrons. The van der Waals surface area contributed by atoms with Crippen molar-refractivity contribution in [2.24, 2.45) is 10.7 Å². The maximum atomic E-state index is 12.2. The number of ether oxygens (including phenoxy) is 1. The monoisotopic (exact) mass is 479 g/mol. The van der Waals surface area contributed by atoms with Crippen LogP contribution in [0.25, 0.3) is 0 Å². The van der Waals surface area contributed by atoms with E-state index in [9.17, 15) is 19.2 Å². The Kier molecular flexibility index (Phi) is 7.32. The highest BCUT2D eigenvalue weighted by Gasteiger charge is 2.29.